The normalized spacial score (nSPS) is 15.5. The SMILES string of the molecule is CCC(NC(C)C)C(C)(C)C. The summed E-state index contributed by atoms with van der Waals surface area (Å²) < 4.78 is 0. The van der Waals surface area contributed by atoms with Gasteiger partial charge in [-0.25, -0.2) is 0 Å². The standard InChI is InChI=1S/C10H23N/c1-7-9(10(4,5)6)11-8(2)3/h8-9,11H,7H2,1-6H3. The van der Waals surface area contributed by atoms with Crippen molar-refractivity contribution in [1.82, 2.24) is 5.32 Å². The molecule has 0 saturated heterocycles. The van der Waals surface area contributed by atoms with E-state index in [1.165, 1.54) is 6.42 Å². The Balaban J connectivity index is 3.96. The highest BCUT2D eigenvalue weighted by Gasteiger charge is 2.22. The molecule has 0 rings (SSSR count). The van der Waals surface area contributed by atoms with Gasteiger partial charge < -0.3 is 5.32 Å². The van der Waals surface area contributed by atoms with Crippen molar-refractivity contribution < 1.29 is 0 Å². The smallest absolute Gasteiger partial charge is 0.0115 e. The van der Waals surface area contributed by atoms with Crippen LogP contribution in [-0.2, 0) is 0 Å². The summed E-state index contributed by atoms with van der Waals surface area (Å²) in [5.41, 5.74) is 0.388. The molecule has 1 N–H and O–H groups in total. The quantitative estimate of drug-likeness (QED) is 0.664. The maximum absolute atomic E-state index is 3.57. The Morgan fingerprint density at radius 2 is 1.64 bits per heavy atom. The van der Waals surface area contributed by atoms with Gasteiger partial charge in [-0.3, -0.25) is 0 Å². The number of hydrogen-bond acceptors (Lipinski definition) is 1. The fourth-order valence-electron chi connectivity index (χ4n) is 1.38. The molecule has 0 radical (unpaired) electrons. The van der Waals surface area contributed by atoms with Gasteiger partial charge >= 0.3 is 0 Å². The Morgan fingerprint density at radius 3 is 1.73 bits per heavy atom. The van der Waals surface area contributed by atoms with Gasteiger partial charge in [-0.1, -0.05) is 41.5 Å². The zero-order valence-electron chi connectivity index (χ0n) is 8.86. The summed E-state index contributed by atoms with van der Waals surface area (Å²) in [5, 5.41) is 3.57. The van der Waals surface area contributed by atoms with Crippen LogP contribution < -0.4 is 5.32 Å². The van der Waals surface area contributed by atoms with E-state index in [0.29, 0.717) is 17.5 Å². The molecule has 1 nitrogen and oxygen atoms in total. The second-order valence-electron chi connectivity index (χ2n) is 4.65. The van der Waals surface area contributed by atoms with Gasteiger partial charge in [0.15, 0.2) is 0 Å². The minimum absolute atomic E-state index is 0.388. The van der Waals surface area contributed by atoms with Crippen molar-refractivity contribution in [2.75, 3.05) is 0 Å². The first kappa shape index (κ1) is 11.0. The minimum Gasteiger partial charge on any atom is -0.311 e. The van der Waals surface area contributed by atoms with Crippen molar-refractivity contribution in [3.05, 3.63) is 0 Å². The predicted molar refractivity (Wildman–Crippen MR) is 51.8 cm³/mol. The highest BCUT2D eigenvalue weighted by Crippen LogP contribution is 2.21. The molecule has 0 aromatic rings. The first-order valence-corrected chi connectivity index (χ1v) is 4.64. The van der Waals surface area contributed by atoms with E-state index in [2.05, 4.69) is 46.9 Å². The monoisotopic (exact) mass is 157 g/mol. The van der Waals surface area contributed by atoms with E-state index < -0.39 is 0 Å². The average molecular weight is 157 g/mol. The molecule has 0 aliphatic heterocycles. The van der Waals surface area contributed by atoms with Gasteiger partial charge in [0.2, 0.25) is 0 Å². The largest absolute Gasteiger partial charge is 0.311 e. The molecular formula is C10H23N. The molecule has 0 heterocycles. The molecule has 0 amide bonds. The lowest BCUT2D eigenvalue weighted by Crippen LogP contribution is -2.43. The summed E-state index contributed by atoms with van der Waals surface area (Å²) in [6.07, 6.45) is 1.21. The average Bonchev–Trinajstić information content (AvgIpc) is 1.79. The van der Waals surface area contributed by atoms with Crippen molar-refractivity contribution in [3.8, 4) is 0 Å². The summed E-state index contributed by atoms with van der Waals surface area (Å²) in [6, 6.07) is 1.24. The van der Waals surface area contributed by atoms with Crippen molar-refractivity contribution in [2.24, 2.45) is 5.41 Å². The third-order valence-corrected chi connectivity index (χ3v) is 1.99. The molecule has 68 valence electrons. The van der Waals surface area contributed by atoms with E-state index in [1.807, 2.05) is 0 Å². The lowest BCUT2D eigenvalue weighted by Gasteiger charge is -2.32. The first-order chi connectivity index (χ1) is 4.88. The van der Waals surface area contributed by atoms with Gasteiger partial charge in [0.1, 0.15) is 0 Å². The molecule has 1 heteroatoms. The molecule has 0 bridgehead atoms. The molecule has 0 aromatic heterocycles. The second-order valence-corrected chi connectivity index (χ2v) is 4.65. The third kappa shape index (κ3) is 4.41. The Labute approximate surface area is 71.6 Å². The molecule has 0 saturated carbocycles. The summed E-state index contributed by atoms with van der Waals surface area (Å²) in [5.74, 6) is 0. The number of nitrogens with one attached hydrogen (secondary N) is 1. The molecule has 0 spiro atoms. The molecule has 11 heavy (non-hydrogen) atoms. The first-order valence-electron chi connectivity index (χ1n) is 4.64. The Kier molecular flexibility index (Phi) is 4.09. The molecule has 1 unspecified atom stereocenters. The summed E-state index contributed by atoms with van der Waals surface area (Å²) >= 11 is 0. The number of hydrogen-bond donors (Lipinski definition) is 1. The van der Waals surface area contributed by atoms with Crippen LogP contribution in [-0.4, -0.2) is 12.1 Å². The summed E-state index contributed by atoms with van der Waals surface area (Å²) in [4.78, 5) is 0. The topological polar surface area (TPSA) is 12.0 Å². The molecule has 0 fully saturated rings. The Hall–Kier alpha value is -0.0400. The molecule has 0 aliphatic rings. The van der Waals surface area contributed by atoms with Crippen molar-refractivity contribution in [2.45, 2.75) is 60.0 Å². The minimum atomic E-state index is 0.388. The summed E-state index contributed by atoms with van der Waals surface area (Å²) in [7, 11) is 0. The Bertz CT molecular complexity index is 99.9. The van der Waals surface area contributed by atoms with Crippen LogP contribution in [0.2, 0.25) is 0 Å². The second kappa shape index (κ2) is 4.10. The van der Waals surface area contributed by atoms with E-state index in [0.717, 1.165) is 0 Å². The van der Waals surface area contributed by atoms with Gasteiger partial charge in [-0.2, -0.15) is 0 Å². The van der Waals surface area contributed by atoms with Gasteiger partial charge in [0.25, 0.3) is 0 Å². The van der Waals surface area contributed by atoms with Gasteiger partial charge in [-0.05, 0) is 11.8 Å². The fourth-order valence-corrected chi connectivity index (χ4v) is 1.38. The van der Waals surface area contributed by atoms with Crippen molar-refractivity contribution in [3.63, 3.8) is 0 Å². The van der Waals surface area contributed by atoms with E-state index in [4.69, 9.17) is 0 Å². The van der Waals surface area contributed by atoms with Crippen LogP contribution in [0, 0.1) is 5.41 Å². The maximum atomic E-state index is 3.57. The lowest BCUT2D eigenvalue weighted by molar-refractivity contribution is 0.247. The van der Waals surface area contributed by atoms with Crippen molar-refractivity contribution in [1.29, 1.82) is 0 Å². The molecular weight excluding hydrogens is 134 g/mol. The zero-order valence-corrected chi connectivity index (χ0v) is 8.86. The molecule has 0 aliphatic carbocycles. The van der Waals surface area contributed by atoms with Crippen LogP contribution >= 0.6 is 0 Å². The van der Waals surface area contributed by atoms with E-state index in [9.17, 15) is 0 Å². The van der Waals surface area contributed by atoms with Crippen LogP contribution in [0.4, 0.5) is 0 Å². The zero-order chi connectivity index (χ0) is 9.07. The van der Waals surface area contributed by atoms with Gasteiger partial charge in [-0.15, -0.1) is 0 Å². The third-order valence-electron chi connectivity index (χ3n) is 1.99. The Morgan fingerprint density at radius 1 is 1.18 bits per heavy atom. The maximum Gasteiger partial charge on any atom is 0.0115 e. The lowest BCUT2D eigenvalue weighted by atomic mass is 9.85. The molecule has 0 aromatic carbocycles. The van der Waals surface area contributed by atoms with E-state index >= 15 is 0 Å². The van der Waals surface area contributed by atoms with Crippen LogP contribution in [0.15, 0.2) is 0 Å². The van der Waals surface area contributed by atoms with E-state index in [-0.39, 0.29) is 0 Å². The van der Waals surface area contributed by atoms with Crippen LogP contribution in [0.25, 0.3) is 0 Å². The highest BCUT2D eigenvalue weighted by atomic mass is 14.9. The highest BCUT2D eigenvalue weighted by molar-refractivity contribution is 4.80. The van der Waals surface area contributed by atoms with Gasteiger partial charge in [0, 0.05) is 12.1 Å². The molecule has 1 atom stereocenters. The number of rotatable bonds is 3. The fraction of sp³-hybridized carbons (Fsp3) is 1.00. The van der Waals surface area contributed by atoms with Crippen molar-refractivity contribution >= 4 is 0 Å². The predicted octanol–water partition coefficient (Wildman–Crippen LogP) is 2.81. The van der Waals surface area contributed by atoms with E-state index in [1.54, 1.807) is 0 Å². The van der Waals surface area contributed by atoms with Crippen LogP contribution in [0.3, 0.4) is 0 Å². The summed E-state index contributed by atoms with van der Waals surface area (Å²) in [6.45, 7) is 13.5. The van der Waals surface area contributed by atoms with Gasteiger partial charge in [0.05, 0.1) is 0 Å². The van der Waals surface area contributed by atoms with Crippen LogP contribution in [0.1, 0.15) is 48.0 Å². The van der Waals surface area contributed by atoms with Crippen LogP contribution in [0.5, 0.6) is 0 Å².